The summed E-state index contributed by atoms with van der Waals surface area (Å²) in [6.45, 7) is 7.63. The minimum atomic E-state index is -0.799. The Morgan fingerprint density at radius 1 is 1.18 bits per heavy atom. The van der Waals surface area contributed by atoms with Crippen molar-refractivity contribution in [3.05, 3.63) is 35.4 Å². The van der Waals surface area contributed by atoms with E-state index in [9.17, 15) is 10.2 Å². The summed E-state index contributed by atoms with van der Waals surface area (Å²) in [5.41, 5.74) is 1.69. The Morgan fingerprint density at radius 2 is 1.71 bits per heavy atom. The summed E-state index contributed by atoms with van der Waals surface area (Å²) in [6.07, 6.45) is 0.655. The predicted molar refractivity (Wildman–Crippen MR) is 71.1 cm³/mol. The molecule has 2 N–H and O–H groups in total. The van der Waals surface area contributed by atoms with Gasteiger partial charge in [0.15, 0.2) is 0 Å². The fraction of sp³-hybridized carbons (Fsp3) is 0.600. The highest BCUT2D eigenvalue weighted by Gasteiger charge is 2.20. The van der Waals surface area contributed by atoms with Gasteiger partial charge in [-0.3, -0.25) is 0 Å². The molecule has 0 aromatic heterocycles. The monoisotopic (exact) mass is 236 g/mol. The Hall–Kier alpha value is -0.860. The lowest BCUT2D eigenvalue weighted by Gasteiger charge is -2.23. The molecule has 0 aliphatic heterocycles. The van der Waals surface area contributed by atoms with Crippen molar-refractivity contribution >= 4 is 0 Å². The molecule has 1 aromatic carbocycles. The number of hydrogen-bond donors (Lipinski definition) is 2. The van der Waals surface area contributed by atoms with Crippen LogP contribution >= 0.6 is 0 Å². The van der Waals surface area contributed by atoms with Gasteiger partial charge in [-0.25, -0.2) is 0 Å². The number of benzene rings is 1. The highest BCUT2D eigenvalue weighted by molar-refractivity contribution is 5.24. The maximum Gasteiger partial charge on any atom is 0.0616 e. The van der Waals surface area contributed by atoms with Gasteiger partial charge < -0.3 is 10.2 Å². The molecule has 0 radical (unpaired) electrons. The maximum atomic E-state index is 9.91. The molecule has 0 bridgehead atoms. The number of hydrogen-bond acceptors (Lipinski definition) is 2. The van der Waals surface area contributed by atoms with Crippen LogP contribution in [0, 0.1) is 6.92 Å². The number of aliphatic hydroxyl groups excluding tert-OH is 1. The van der Waals surface area contributed by atoms with Gasteiger partial charge in [0.05, 0.1) is 11.7 Å². The largest absolute Gasteiger partial charge is 0.393 e. The Labute approximate surface area is 104 Å². The Kier molecular flexibility index (Phi) is 4.72. The molecule has 2 atom stereocenters. The molecule has 2 unspecified atom stereocenters. The van der Waals surface area contributed by atoms with Crippen molar-refractivity contribution in [1.29, 1.82) is 0 Å². The lowest BCUT2D eigenvalue weighted by molar-refractivity contribution is 0.0140. The van der Waals surface area contributed by atoms with Crippen LogP contribution in [-0.2, 0) is 0 Å². The molecule has 1 rings (SSSR count). The standard InChI is InChI=1S/C15H24O2/c1-11-5-7-13(8-6-11)12(2)9-14(16)10-15(3,4)17/h5-8,12,14,16-17H,9-10H2,1-4H3. The van der Waals surface area contributed by atoms with E-state index >= 15 is 0 Å². The van der Waals surface area contributed by atoms with Crippen LogP contribution in [-0.4, -0.2) is 21.9 Å². The Morgan fingerprint density at radius 3 is 2.18 bits per heavy atom. The van der Waals surface area contributed by atoms with Crippen LogP contribution in [0.5, 0.6) is 0 Å². The van der Waals surface area contributed by atoms with Crippen LogP contribution in [0.2, 0.25) is 0 Å². The third-order valence-corrected chi connectivity index (χ3v) is 3.01. The lowest BCUT2D eigenvalue weighted by Crippen LogP contribution is -2.27. The van der Waals surface area contributed by atoms with Crippen LogP contribution in [0.4, 0.5) is 0 Å². The molecule has 1 aromatic rings. The number of rotatable bonds is 5. The van der Waals surface area contributed by atoms with Crippen molar-refractivity contribution in [3.63, 3.8) is 0 Å². The van der Waals surface area contributed by atoms with Gasteiger partial charge in [-0.05, 0) is 38.7 Å². The quantitative estimate of drug-likeness (QED) is 0.825. The molecule has 17 heavy (non-hydrogen) atoms. The Bertz CT molecular complexity index is 335. The lowest BCUT2D eigenvalue weighted by atomic mass is 9.90. The molecule has 96 valence electrons. The van der Waals surface area contributed by atoms with Gasteiger partial charge in [-0.1, -0.05) is 36.8 Å². The maximum absolute atomic E-state index is 9.91. The van der Waals surface area contributed by atoms with Crippen molar-refractivity contribution in [2.75, 3.05) is 0 Å². The van der Waals surface area contributed by atoms with Crippen LogP contribution in [0.25, 0.3) is 0 Å². The average Bonchev–Trinajstić information content (AvgIpc) is 2.15. The molecule has 0 saturated heterocycles. The Balaban J connectivity index is 2.54. The second kappa shape index (κ2) is 5.65. The van der Waals surface area contributed by atoms with E-state index in [-0.39, 0.29) is 0 Å². The van der Waals surface area contributed by atoms with E-state index in [0.717, 1.165) is 0 Å². The van der Waals surface area contributed by atoms with E-state index in [1.165, 1.54) is 11.1 Å². The van der Waals surface area contributed by atoms with Crippen LogP contribution < -0.4 is 0 Å². The first-order chi connectivity index (χ1) is 7.78. The predicted octanol–water partition coefficient (Wildman–Crippen LogP) is 3.01. The summed E-state index contributed by atoms with van der Waals surface area (Å²) in [7, 11) is 0. The SMILES string of the molecule is Cc1ccc(C(C)CC(O)CC(C)(C)O)cc1. The molecule has 0 aliphatic carbocycles. The summed E-state index contributed by atoms with van der Waals surface area (Å²) in [5.74, 6) is 0.313. The molecule has 0 amide bonds. The topological polar surface area (TPSA) is 40.5 Å². The highest BCUT2D eigenvalue weighted by atomic mass is 16.3. The van der Waals surface area contributed by atoms with Gasteiger partial charge in [0.25, 0.3) is 0 Å². The third kappa shape index (κ3) is 5.33. The molecular formula is C15H24O2. The molecular weight excluding hydrogens is 212 g/mol. The van der Waals surface area contributed by atoms with Crippen molar-refractivity contribution < 1.29 is 10.2 Å². The summed E-state index contributed by atoms with van der Waals surface area (Å²) >= 11 is 0. The van der Waals surface area contributed by atoms with Crippen molar-refractivity contribution in [2.45, 2.75) is 58.2 Å². The van der Waals surface area contributed by atoms with E-state index in [0.29, 0.717) is 18.8 Å². The second-order valence-electron chi connectivity index (χ2n) is 5.72. The molecule has 0 aliphatic rings. The van der Waals surface area contributed by atoms with Gasteiger partial charge in [-0.2, -0.15) is 0 Å². The van der Waals surface area contributed by atoms with Crippen molar-refractivity contribution in [3.8, 4) is 0 Å². The van der Waals surface area contributed by atoms with E-state index in [1.54, 1.807) is 13.8 Å². The van der Waals surface area contributed by atoms with Gasteiger partial charge in [0, 0.05) is 6.42 Å². The first-order valence-electron chi connectivity index (χ1n) is 6.25. The summed E-state index contributed by atoms with van der Waals surface area (Å²) in [6, 6.07) is 8.40. The fourth-order valence-electron chi connectivity index (χ4n) is 2.10. The van der Waals surface area contributed by atoms with Gasteiger partial charge >= 0.3 is 0 Å². The zero-order valence-corrected chi connectivity index (χ0v) is 11.3. The van der Waals surface area contributed by atoms with Crippen LogP contribution in [0.1, 0.15) is 50.7 Å². The smallest absolute Gasteiger partial charge is 0.0616 e. The second-order valence-corrected chi connectivity index (χ2v) is 5.72. The zero-order valence-electron chi connectivity index (χ0n) is 11.3. The molecule has 0 spiro atoms. The van der Waals surface area contributed by atoms with E-state index in [1.807, 2.05) is 0 Å². The van der Waals surface area contributed by atoms with Crippen molar-refractivity contribution in [1.82, 2.24) is 0 Å². The molecule has 0 heterocycles. The van der Waals surface area contributed by atoms with Gasteiger partial charge in [-0.15, -0.1) is 0 Å². The zero-order chi connectivity index (χ0) is 13.1. The average molecular weight is 236 g/mol. The van der Waals surface area contributed by atoms with E-state index in [2.05, 4.69) is 38.1 Å². The molecule has 2 heteroatoms. The first kappa shape index (κ1) is 14.2. The van der Waals surface area contributed by atoms with E-state index in [4.69, 9.17) is 0 Å². The minimum absolute atomic E-state index is 0.313. The fourth-order valence-corrected chi connectivity index (χ4v) is 2.10. The molecule has 0 fully saturated rings. The van der Waals surface area contributed by atoms with Crippen LogP contribution in [0.3, 0.4) is 0 Å². The minimum Gasteiger partial charge on any atom is -0.393 e. The van der Waals surface area contributed by atoms with Gasteiger partial charge in [0.2, 0.25) is 0 Å². The molecule has 2 nitrogen and oxygen atoms in total. The summed E-state index contributed by atoms with van der Waals surface area (Å²) in [5, 5.41) is 19.6. The summed E-state index contributed by atoms with van der Waals surface area (Å²) < 4.78 is 0. The van der Waals surface area contributed by atoms with E-state index < -0.39 is 11.7 Å². The highest BCUT2D eigenvalue weighted by Crippen LogP contribution is 2.24. The first-order valence-corrected chi connectivity index (χ1v) is 6.25. The van der Waals surface area contributed by atoms with Crippen molar-refractivity contribution in [2.24, 2.45) is 0 Å². The van der Waals surface area contributed by atoms with Crippen LogP contribution in [0.15, 0.2) is 24.3 Å². The molecule has 0 saturated carbocycles. The number of aliphatic hydroxyl groups is 2. The third-order valence-electron chi connectivity index (χ3n) is 3.01. The van der Waals surface area contributed by atoms with Gasteiger partial charge in [0.1, 0.15) is 0 Å². The summed E-state index contributed by atoms with van der Waals surface area (Å²) in [4.78, 5) is 0. The number of aryl methyl sites for hydroxylation is 1. The normalized spacial score (nSPS) is 15.6.